The van der Waals surface area contributed by atoms with Crippen LogP contribution in [0.3, 0.4) is 0 Å². The van der Waals surface area contributed by atoms with Gasteiger partial charge < -0.3 is 15.3 Å². The van der Waals surface area contributed by atoms with Crippen molar-refractivity contribution >= 4 is 23.6 Å². The molecule has 2 N–H and O–H groups in total. The molecule has 6 heteroatoms. The van der Waals surface area contributed by atoms with Gasteiger partial charge in [0.2, 0.25) is 0 Å². The summed E-state index contributed by atoms with van der Waals surface area (Å²) >= 11 is 6.06. The second kappa shape index (κ2) is 6.40. The van der Waals surface area contributed by atoms with Gasteiger partial charge in [-0.15, -0.1) is 0 Å². The Morgan fingerprint density at radius 3 is 2.83 bits per heavy atom. The zero-order chi connectivity index (χ0) is 16.4. The Morgan fingerprint density at radius 2 is 2.17 bits per heavy atom. The van der Waals surface area contributed by atoms with Crippen LogP contribution in [-0.2, 0) is 10.2 Å². The third kappa shape index (κ3) is 3.61. The standard InChI is InChI=1S/C17H21ClN2O3/c18-14-5-1-4-13(9-14)17(6-7-17)11-19-16(23)20-8-2-3-12(10-20)15(21)22/h1,4-5,9,12H,2-3,6-8,10-11H2,(H,19,23)(H,21,22). The molecular weight excluding hydrogens is 316 g/mol. The van der Waals surface area contributed by atoms with E-state index in [0.717, 1.165) is 24.8 Å². The molecule has 5 nitrogen and oxygen atoms in total. The molecule has 0 spiro atoms. The second-order valence-electron chi connectivity index (χ2n) is 6.57. The van der Waals surface area contributed by atoms with E-state index in [1.807, 2.05) is 24.3 Å². The zero-order valence-electron chi connectivity index (χ0n) is 12.9. The summed E-state index contributed by atoms with van der Waals surface area (Å²) in [5, 5.41) is 12.8. The van der Waals surface area contributed by atoms with Crippen molar-refractivity contribution in [3.8, 4) is 0 Å². The molecule has 2 fully saturated rings. The first-order valence-electron chi connectivity index (χ1n) is 8.02. The summed E-state index contributed by atoms with van der Waals surface area (Å²) in [5.41, 5.74) is 1.15. The summed E-state index contributed by atoms with van der Waals surface area (Å²) in [7, 11) is 0. The van der Waals surface area contributed by atoms with E-state index >= 15 is 0 Å². The van der Waals surface area contributed by atoms with Gasteiger partial charge in [-0.05, 0) is 43.4 Å². The Kier molecular flexibility index (Phi) is 4.48. The highest BCUT2D eigenvalue weighted by Crippen LogP contribution is 2.48. The van der Waals surface area contributed by atoms with Crippen molar-refractivity contribution in [3.63, 3.8) is 0 Å². The number of piperidine rings is 1. The van der Waals surface area contributed by atoms with E-state index in [4.69, 9.17) is 16.7 Å². The van der Waals surface area contributed by atoms with Crippen molar-refractivity contribution in [2.75, 3.05) is 19.6 Å². The molecule has 3 rings (SSSR count). The van der Waals surface area contributed by atoms with E-state index in [1.54, 1.807) is 4.90 Å². The van der Waals surface area contributed by atoms with Gasteiger partial charge in [0, 0.05) is 30.1 Å². The molecule has 1 saturated carbocycles. The van der Waals surface area contributed by atoms with Gasteiger partial charge in [-0.2, -0.15) is 0 Å². The predicted octanol–water partition coefficient (Wildman–Crippen LogP) is 2.88. The summed E-state index contributed by atoms with van der Waals surface area (Å²) < 4.78 is 0. The van der Waals surface area contributed by atoms with E-state index in [9.17, 15) is 9.59 Å². The number of nitrogens with zero attached hydrogens (tertiary/aromatic N) is 1. The Bertz CT molecular complexity index is 616. The quantitative estimate of drug-likeness (QED) is 0.888. The molecule has 124 valence electrons. The number of nitrogens with one attached hydrogen (secondary N) is 1. The van der Waals surface area contributed by atoms with Crippen LogP contribution >= 0.6 is 11.6 Å². The summed E-state index contributed by atoms with van der Waals surface area (Å²) in [6, 6.07) is 7.62. The second-order valence-corrected chi connectivity index (χ2v) is 7.01. The van der Waals surface area contributed by atoms with Crippen molar-refractivity contribution in [1.82, 2.24) is 10.2 Å². The van der Waals surface area contributed by atoms with Gasteiger partial charge in [-0.25, -0.2) is 4.79 Å². The molecule has 1 aliphatic carbocycles. The molecule has 1 aromatic carbocycles. The van der Waals surface area contributed by atoms with Crippen LogP contribution in [0.2, 0.25) is 5.02 Å². The van der Waals surface area contributed by atoms with E-state index in [2.05, 4.69) is 5.32 Å². The SMILES string of the molecule is O=C(O)C1CCCN(C(=O)NCC2(c3cccc(Cl)c3)CC2)C1. The molecule has 1 aromatic rings. The van der Waals surface area contributed by atoms with E-state index in [1.165, 1.54) is 0 Å². The van der Waals surface area contributed by atoms with Crippen LogP contribution in [0.25, 0.3) is 0 Å². The maximum absolute atomic E-state index is 12.3. The van der Waals surface area contributed by atoms with Crippen molar-refractivity contribution in [3.05, 3.63) is 34.9 Å². The van der Waals surface area contributed by atoms with Crippen molar-refractivity contribution in [1.29, 1.82) is 0 Å². The molecular formula is C17H21ClN2O3. The van der Waals surface area contributed by atoms with Crippen molar-refractivity contribution < 1.29 is 14.7 Å². The fraction of sp³-hybridized carbons (Fsp3) is 0.529. The maximum Gasteiger partial charge on any atom is 0.317 e. The fourth-order valence-electron chi connectivity index (χ4n) is 3.26. The minimum absolute atomic E-state index is 0.0114. The van der Waals surface area contributed by atoms with Gasteiger partial charge in [-0.1, -0.05) is 23.7 Å². The number of carboxylic acids is 1. The van der Waals surface area contributed by atoms with Crippen LogP contribution in [0.15, 0.2) is 24.3 Å². The zero-order valence-corrected chi connectivity index (χ0v) is 13.7. The number of amides is 2. The third-order valence-corrected chi connectivity index (χ3v) is 5.16. The van der Waals surface area contributed by atoms with Crippen LogP contribution < -0.4 is 5.32 Å². The average molecular weight is 337 g/mol. The molecule has 2 amide bonds. The van der Waals surface area contributed by atoms with E-state index < -0.39 is 11.9 Å². The lowest BCUT2D eigenvalue weighted by molar-refractivity contribution is -0.143. The first-order valence-corrected chi connectivity index (χ1v) is 8.40. The van der Waals surface area contributed by atoms with Crippen molar-refractivity contribution in [2.45, 2.75) is 31.1 Å². The van der Waals surface area contributed by atoms with Gasteiger partial charge in [0.25, 0.3) is 0 Å². The lowest BCUT2D eigenvalue weighted by Gasteiger charge is -2.31. The van der Waals surface area contributed by atoms with Crippen LogP contribution in [0.4, 0.5) is 4.79 Å². The largest absolute Gasteiger partial charge is 0.481 e. The smallest absolute Gasteiger partial charge is 0.317 e. The van der Waals surface area contributed by atoms with Crippen LogP contribution in [0.1, 0.15) is 31.2 Å². The molecule has 0 bridgehead atoms. The monoisotopic (exact) mass is 336 g/mol. The predicted molar refractivity (Wildman–Crippen MR) is 87.7 cm³/mol. The fourth-order valence-corrected chi connectivity index (χ4v) is 3.45. The van der Waals surface area contributed by atoms with Crippen LogP contribution in [0, 0.1) is 5.92 Å². The molecule has 2 aliphatic rings. The summed E-state index contributed by atoms with van der Waals surface area (Å²) in [4.78, 5) is 25.1. The molecule has 1 saturated heterocycles. The van der Waals surface area contributed by atoms with E-state index in [-0.39, 0.29) is 11.4 Å². The molecule has 1 heterocycles. The first kappa shape index (κ1) is 16.1. The highest BCUT2D eigenvalue weighted by Gasteiger charge is 2.44. The molecule has 1 aliphatic heterocycles. The molecule has 0 aromatic heterocycles. The van der Waals surface area contributed by atoms with E-state index in [0.29, 0.717) is 31.1 Å². The maximum atomic E-state index is 12.3. The number of aliphatic carboxylic acids is 1. The van der Waals surface area contributed by atoms with Crippen LogP contribution in [-0.4, -0.2) is 41.6 Å². The summed E-state index contributed by atoms with van der Waals surface area (Å²) in [6.45, 7) is 1.49. The number of hydrogen-bond acceptors (Lipinski definition) is 2. The van der Waals surface area contributed by atoms with Crippen LogP contribution in [0.5, 0.6) is 0 Å². The average Bonchev–Trinajstić information content (AvgIpc) is 3.34. The third-order valence-electron chi connectivity index (χ3n) is 4.93. The molecule has 0 radical (unpaired) electrons. The topological polar surface area (TPSA) is 69.6 Å². The number of likely N-dealkylation sites (tertiary alicyclic amines) is 1. The number of carbonyl (C=O) groups is 2. The highest BCUT2D eigenvalue weighted by atomic mass is 35.5. The number of benzene rings is 1. The lowest BCUT2D eigenvalue weighted by Crippen LogP contribution is -2.48. The normalized spacial score (nSPS) is 22.5. The van der Waals surface area contributed by atoms with Gasteiger partial charge in [0.15, 0.2) is 0 Å². The summed E-state index contributed by atoms with van der Waals surface area (Å²) in [5.74, 6) is -1.27. The van der Waals surface area contributed by atoms with Gasteiger partial charge in [0.05, 0.1) is 5.92 Å². The Hall–Kier alpha value is -1.75. The molecule has 23 heavy (non-hydrogen) atoms. The number of carboxylic acid groups (broad SMARTS) is 1. The number of rotatable bonds is 4. The van der Waals surface area contributed by atoms with Gasteiger partial charge in [0.1, 0.15) is 0 Å². The van der Waals surface area contributed by atoms with Crippen molar-refractivity contribution in [2.24, 2.45) is 5.92 Å². The first-order chi connectivity index (χ1) is 11.0. The Balaban J connectivity index is 1.58. The molecule has 1 atom stereocenters. The summed E-state index contributed by atoms with van der Waals surface area (Å²) in [6.07, 6.45) is 3.45. The minimum atomic E-state index is -0.819. The number of halogens is 1. The lowest BCUT2D eigenvalue weighted by atomic mass is 9.96. The minimum Gasteiger partial charge on any atom is -0.481 e. The highest BCUT2D eigenvalue weighted by molar-refractivity contribution is 6.30. The Morgan fingerprint density at radius 1 is 1.39 bits per heavy atom. The Labute approximate surface area is 140 Å². The molecule has 1 unspecified atom stereocenters. The number of hydrogen-bond donors (Lipinski definition) is 2. The number of carbonyl (C=O) groups excluding carboxylic acids is 1. The number of urea groups is 1. The van der Waals surface area contributed by atoms with Gasteiger partial charge in [-0.3, -0.25) is 4.79 Å². The van der Waals surface area contributed by atoms with Gasteiger partial charge >= 0.3 is 12.0 Å².